The third-order valence-electron chi connectivity index (χ3n) is 2.57. The van der Waals surface area contributed by atoms with Crippen LogP contribution < -0.4 is 4.74 Å². The summed E-state index contributed by atoms with van der Waals surface area (Å²) in [6, 6.07) is 4.25. The fraction of sp³-hybridized carbons (Fsp3) is 0. The van der Waals surface area contributed by atoms with Gasteiger partial charge in [-0.3, -0.25) is 0 Å². The van der Waals surface area contributed by atoms with Gasteiger partial charge in [0.1, 0.15) is 23.2 Å². The summed E-state index contributed by atoms with van der Waals surface area (Å²) >= 11 is 5.86. The summed E-state index contributed by atoms with van der Waals surface area (Å²) in [7, 11) is 0. The number of imidazole rings is 1. The van der Waals surface area contributed by atoms with Gasteiger partial charge in [-0.05, 0) is 12.1 Å². The molecule has 0 atom stereocenters. The SMILES string of the molecule is O=C(O)c1ccc(Cl)cc1Oc1ncnc2nc[nH]c12. The molecule has 0 radical (unpaired) electrons. The van der Waals surface area contributed by atoms with Crippen molar-refractivity contribution < 1.29 is 14.6 Å². The Morgan fingerprint density at radius 1 is 1.30 bits per heavy atom. The number of carboxylic acid groups (broad SMARTS) is 1. The number of H-pyrrole nitrogens is 1. The Morgan fingerprint density at radius 3 is 2.95 bits per heavy atom. The van der Waals surface area contributed by atoms with E-state index in [1.54, 1.807) is 0 Å². The maximum Gasteiger partial charge on any atom is 0.339 e. The lowest BCUT2D eigenvalue weighted by atomic mass is 10.2. The number of carboxylic acids is 1. The Balaban J connectivity index is 2.09. The van der Waals surface area contributed by atoms with Gasteiger partial charge in [0.15, 0.2) is 5.65 Å². The summed E-state index contributed by atoms with van der Waals surface area (Å²) in [5.41, 5.74) is 0.887. The van der Waals surface area contributed by atoms with E-state index in [9.17, 15) is 4.79 Å². The van der Waals surface area contributed by atoms with Gasteiger partial charge < -0.3 is 14.8 Å². The zero-order chi connectivity index (χ0) is 14.1. The van der Waals surface area contributed by atoms with Crippen LogP contribution in [0, 0.1) is 0 Å². The van der Waals surface area contributed by atoms with Crippen molar-refractivity contribution in [3.8, 4) is 11.6 Å². The quantitative estimate of drug-likeness (QED) is 0.768. The van der Waals surface area contributed by atoms with E-state index in [0.29, 0.717) is 16.2 Å². The molecule has 0 saturated heterocycles. The number of nitrogens with zero attached hydrogens (tertiary/aromatic N) is 3. The lowest BCUT2D eigenvalue weighted by Crippen LogP contribution is -2.01. The largest absolute Gasteiger partial charge is 0.478 e. The summed E-state index contributed by atoms with van der Waals surface area (Å²) in [6.07, 6.45) is 2.73. The number of carbonyl (C=O) groups is 1. The van der Waals surface area contributed by atoms with E-state index in [1.807, 2.05) is 0 Å². The van der Waals surface area contributed by atoms with Crippen LogP contribution in [0.15, 0.2) is 30.9 Å². The van der Waals surface area contributed by atoms with Crippen LogP contribution >= 0.6 is 11.6 Å². The average Bonchev–Trinajstić information content (AvgIpc) is 2.88. The van der Waals surface area contributed by atoms with Crippen LogP contribution in [0.4, 0.5) is 0 Å². The van der Waals surface area contributed by atoms with Crippen LogP contribution in [-0.4, -0.2) is 31.0 Å². The number of aromatic carboxylic acids is 1. The second-order valence-electron chi connectivity index (χ2n) is 3.83. The number of halogens is 1. The maximum absolute atomic E-state index is 11.2. The van der Waals surface area contributed by atoms with Crippen molar-refractivity contribution in [1.29, 1.82) is 0 Å². The minimum Gasteiger partial charge on any atom is -0.478 e. The molecule has 0 aliphatic heterocycles. The summed E-state index contributed by atoms with van der Waals surface area (Å²) in [5.74, 6) is -0.844. The molecule has 7 nitrogen and oxygen atoms in total. The molecule has 3 rings (SSSR count). The molecule has 0 aliphatic rings. The van der Waals surface area contributed by atoms with Crippen LogP contribution in [0.2, 0.25) is 5.02 Å². The Bertz CT molecular complexity index is 802. The highest BCUT2D eigenvalue weighted by molar-refractivity contribution is 6.30. The molecule has 1 aromatic carbocycles. The highest BCUT2D eigenvalue weighted by Gasteiger charge is 2.15. The van der Waals surface area contributed by atoms with Crippen LogP contribution in [-0.2, 0) is 0 Å². The van der Waals surface area contributed by atoms with Gasteiger partial charge in [0.05, 0.1) is 6.33 Å². The average molecular weight is 291 g/mol. The molecular weight excluding hydrogens is 284 g/mol. The third kappa shape index (κ3) is 2.14. The van der Waals surface area contributed by atoms with E-state index >= 15 is 0 Å². The van der Waals surface area contributed by atoms with Crippen molar-refractivity contribution in [1.82, 2.24) is 19.9 Å². The molecule has 0 bridgehead atoms. The topological polar surface area (TPSA) is 101 Å². The lowest BCUT2D eigenvalue weighted by Gasteiger charge is -2.08. The van der Waals surface area contributed by atoms with Crippen molar-refractivity contribution in [2.75, 3.05) is 0 Å². The smallest absolute Gasteiger partial charge is 0.339 e. The molecule has 0 saturated carbocycles. The molecule has 20 heavy (non-hydrogen) atoms. The monoisotopic (exact) mass is 290 g/mol. The molecule has 2 N–H and O–H groups in total. The number of hydrogen-bond donors (Lipinski definition) is 2. The van der Waals surface area contributed by atoms with Gasteiger partial charge in [0.25, 0.3) is 0 Å². The number of aromatic amines is 1. The molecular formula is C12H7ClN4O3. The maximum atomic E-state index is 11.2. The van der Waals surface area contributed by atoms with Crippen LogP contribution in [0.25, 0.3) is 11.2 Å². The Kier molecular flexibility index (Phi) is 2.96. The van der Waals surface area contributed by atoms with Gasteiger partial charge in [-0.15, -0.1) is 0 Å². The molecule has 0 spiro atoms. The van der Waals surface area contributed by atoms with Crippen molar-refractivity contribution in [2.45, 2.75) is 0 Å². The van der Waals surface area contributed by atoms with E-state index in [-0.39, 0.29) is 17.2 Å². The van der Waals surface area contributed by atoms with Gasteiger partial charge in [0.2, 0.25) is 5.88 Å². The minimum absolute atomic E-state index is 0.0133. The lowest BCUT2D eigenvalue weighted by molar-refractivity contribution is 0.0694. The molecule has 8 heteroatoms. The van der Waals surface area contributed by atoms with Crippen molar-refractivity contribution in [2.24, 2.45) is 0 Å². The zero-order valence-electron chi connectivity index (χ0n) is 9.87. The summed E-state index contributed by atoms with van der Waals surface area (Å²) in [5, 5.41) is 9.49. The summed E-state index contributed by atoms with van der Waals surface area (Å²) in [6.45, 7) is 0. The molecule has 0 amide bonds. The van der Waals surface area contributed by atoms with E-state index in [2.05, 4.69) is 19.9 Å². The third-order valence-corrected chi connectivity index (χ3v) is 2.80. The Hall–Kier alpha value is -2.67. The van der Waals surface area contributed by atoms with Gasteiger partial charge in [-0.2, -0.15) is 4.98 Å². The molecule has 0 unspecified atom stereocenters. The highest BCUT2D eigenvalue weighted by Crippen LogP contribution is 2.29. The standard InChI is InChI=1S/C12H7ClN4O3/c13-6-1-2-7(12(18)19)8(3-6)20-11-9-10(15-4-14-9)16-5-17-11/h1-5H,(H,18,19)(H,14,15,16,17). The van der Waals surface area contributed by atoms with Crippen LogP contribution in [0.3, 0.4) is 0 Å². The first-order chi connectivity index (χ1) is 9.65. The molecule has 0 fully saturated rings. The summed E-state index contributed by atoms with van der Waals surface area (Å²) < 4.78 is 5.54. The first kappa shape index (κ1) is 12.4. The number of fused-ring (bicyclic) bond motifs is 1. The van der Waals surface area contributed by atoms with Crippen LogP contribution in [0.5, 0.6) is 11.6 Å². The molecule has 3 aromatic rings. The number of aromatic nitrogens is 4. The second-order valence-corrected chi connectivity index (χ2v) is 4.26. The Morgan fingerprint density at radius 2 is 2.15 bits per heavy atom. The predicted molar refractivity (Wildman–Crippen MR) is 70.2 cm³/mol. The fourth-order valence-electron chi connectivity index (χ4n) is 1.68. The minimum atomic E-state index is -1.12. The molecule has 100 valence electrons. The van der Waals surface area contributed by atoms with E-state index < -0.39 is 5.97 Å². The van der Waals surface area contributed by atoms with E-state index in [1.165, 1.54) is 30.9 Å². The number of hydrogen-bond acceptors (Lipinski definition) is 5. The number of ether oxygens (including phenoxy) is 1. The fourth-order valence-corrected chi connectivity index (χ4v) is 1.84. The van der Waals surface area contributed by atoms with Gasteiger partial charge in [-0.25, -0.2) is 14.8 Å². The number of benzene rings is 1. The summed E-state index contributed by atoms with van der Waals surface area (Å²) in [4.78, 5) is 25.9. The van der Waals surface area contributed by atoms with Gasteiger partial charge in [0, 0.05) is 11.1 Å². The normalized spacial score (nSPS) is 10.7. The second kappa shape index (κ2) is 4.78. The van der Waals surface area contributed by atoms with Gasteiger partial charge in [-0.1, -0.05) is 11.6 Å². The predicted octanol–water partition coefficient (Wildman–Crippen LogP) is 2.50. The number of rotatable bonds is 3. The van der Waals surface area contributed by atoms with E-state index in [0.717, 1.165) is 0 Å². The first-order valence-electron chi connectivity index (χ1n) is 5.50. The highest BCUT2D eigenvalue weighted by atomic mass is 35.5. The Labute approximate surface area is 117 Å². The van der Waals surface area contributed by atoms with Crippen molar-refractivity contribution >= 4 is 28.7 Å². The first-order valence-corrected chi connectivity index (χ1v) is 5.88. The van der Waals surface area contributed by atoms with Crippen molar-refractivity contribution in [3.05, 3.63) is 41.4 Å². The molecule has 2 heterocycles. The van der Waals surface area contributed by atoms with Gasteiger partial charge >= 0.3 is 5.97 Å². The van der Waals surface area contributed by atoms with Crippen molar-refractivity contribution in [3.63, 3.8) is 0 Å². The zero-order valence-corrected chi connectivity index (χ0v) is 10.6. The molecule has 2 aromatic heterocycles. The molecule has 0 aliphatic carbocycles. The van der Waals surface area contributed by atoms with E-state index in [4.69, 9.17) is 21.4 Å². The van der Waals surface area contributed by atoms with Crippen LogP contribution in [0.1, 0.15) is 10.4 Å². The number of nitrogens with one attached hydrogen (secondary N) is 1.